The molecule has 0 saturated carbocycles. The average Bonchev–Trinajstić information content (AvgIpc) is 3.11. The third-order valence-corrected chi connectivity index (χ3v) is 5.39. The molecule has 0 spiro atoms. The van der Waals surface area contributed by atoms with Crippen LogP contribution in [0.2, 0.25) is 5.02 Å². The Balaban J connectivity index is 1.82. The smallest absolute Gasteiger partial charge is 0.335 e. The van der Waals surface area contributed by atoms with Crippen LogP contribution in [0.15, 0.2) is 36.4 Å². The van der Waals surface area contributed by atoms with Crippen molar-refractivity contribution in [3.63, 3.8) is 0 Å². The molecule has 1 saturated heterocycles. The Morgan fingerprint density at radius 3 is 2.55 bits per heavy atom. The number of fused-ring (bicyclic) bond motifs is 1. The van der Waals surface area contributed by atoms with E-state index in [0.29, 0.717) is 21.6 Å². The van der Waals surface area contributed by atoms with Gasteiger partial charge in [0.15, 0.2) is 17.0 Å². The Morgan fingerprint density at radius 2 is 1.90 bits per heavy atom. The molecule has 0 unspecified atom stereocenters. The van der Waals surface area contributed by atoms with Gasteiger partial charge in [-0.15, -0.1) is 0 Å². The molecule has 1 aliphatic rings. The van der Waals surface area contributed by atoms with Crippen molar-refractivity contribution in [1.29, 1.82) is 0 Å². The highest BCUT2D eigenvalue weighted by atomic mass is 35.5. The second-order valence-corrected chi connectivity index (χ2v) is 7.61. The van der Waals surface area contributed by atoms with Crippen LogP contribution < -0.4 is 0 Å². The van der Waals surface area contributed by atoms with Gasteiger partial charge in [0, 0.05) is 29.2 Å². The minimum Gasteiger partial charge on any atom is -0.335 e. The van der Waals surface area contributed by atoms with Crippen molar-refractivity contribution >= 4 is 23.2 Å². The molecular formula is C20H18ClF3N4O. The number of hydrogen-bond acceptors (Lipinski definition) is 3. The molecule has 4 rings (SSSR count). The molecule has 0 radical (unpaired) electrons. The predicted molar refractivity (Wildman–Crippen MR) is 103 cm³/mol. The molecular weight excluding hydrogens is 405 g/mol. The second kappa shape index (κ2) is 7.33. The maximum atomic E-state index is 13.7. The third-order valence-electron chi connectivity index (χ3n) is 5.14. The zero-order valence-corrected chi connectivity index (χ0v) is 16.3. The molecule has 0 bridgehead atoms. The van der Waals surface area contributed by atoms with Crippen molar-refractivity contribution in [2.75, 3.05) is 6.54 Å². The summed E-state index contributed by atoms with van der Waals surface area (Å²) in [5.41, 5.74) is -0.436. The molecule has 152 valence electrons. The molecule has 1 aliphatic heterocycles. The Bertz CT molecular complexity index is 1060. The van der Waals surface area contributed by atoms with Crippen molar-refractivity contribution in [2.24, 2.45) is 0 Å². The number of amides is 1. The number of halogens is 4. The minimum atomic E-state index is -4.66. The molecule has 29 heavy (non-hydrogen) atoms. The summed E-state index contributed by atoms with van der Waals surface area (Å²) in [4.78, 5) is 18.8. The molecule has 9 heteroatoms. The fourth-order valence-electron chi connectivity index (χ4n) is 3.60. The second-order valence-electron chi connectivity index (χ2n) is 7.17. The quantitative estimate of drug-likeness (QED) is 0.578. The molecule has 1 amide bonds. The van der Waals surface area contributed by atoms with Gasteiger partial charge in [0.25, 0.3) is 5.91 Å². The van der Waals surface area contributed by atoms with Gasteiger partial charge in [0.1, 0.15) is 0 Å². The third kappa shape index (κ3) is 3.81. The highest BCUT2D eigenvalue weighted by Gasteiger charge is 2.36. The number of rotatable bonds is 2. The summed E-state index contributed by atoms with van der Waals surface area (Å²) in [7, 11) is 0. The van der Waals surface area contributed by atoms with Crippen LogP contribution in [0, 0.1) is 0 Å². The number of carbonyl (C=O) groups is 1. The Kier molecular flexibility index (Phi) is 4.98. The highest BCUT2D eigenvalue weighted by molar-refractivity contribution is 6.30. The summed E-state index contributed by atoms with van der Waals surface area (Å²) in [5.74, 6) is -0.371. The van der Waals surface area contributed by atoms with Gasteiger partial charge in [0.2, 0.25) is 0 Å². The van der Waals surface area contributed by atoms with Crippen LogP contribution in [-0.4, -0.2) is 38.0 Å². The zero-order chi connectivity index (χ0) is 20.8. The molecule has 5 nitrogen and oxygen atoms in total. The van der Waals surface area contributed by atoms with Gasteiger partial charge in [-0.2, -0.15) is 18.3 Å². The van der Waals surface area contributed by atoms with Gasteiger partial charge in [-0.3, -0.25) is 4.79 Å². The fraction of sp³-hybridized carbons (Fsp3) is 0.350. The molecule has 0 N–H and O–H groups in total. The first-order valence-corrected chi connectivity index (χ1v) is 9.67. The Labute approximate surface area is 170 Å². The van der Waals surface area contributed by atoms with E-state index >= 15 is 0 Å². The van der Waals surface area contributed by atoms with Gasteiger partial charge in [0.05, 0.1) is 5.69 Å². The Hall–Kier alpha value is -2.61. The summed E-state index contributed by atoms with van der Waals surface area (Å²) in [5, 5.41) is 4.43. The summed E-state index contributed by atoms with van der Waals surface area (Å²) in [6.07, 6.45) is -1.89. The van der Waals surface area contributed by atoms with E-state index in [9.17, 15) is 18.0 Å². The number of alkyl halides is 3. The van der Waals surface area contributed by atoms with Gasteiger partial charge in [-0.05, 0) is 44.4 Å². The maximum absolute atomic E-state index is 13.7. The van der Waals surface area contributed by atoms with E-state index in [2.05, 4.69) is 10.1 Å². The molecule has 2 aromatic heterocycles. The van der Waals surface area contributed by atoms with Crippen molar-refractivity contribution in [2.45, 2.75) is 38.4 Å². The largest absolute Gasteiger partial charge is 0.433 e. The van der Waals surface area contributed by atoms with Crippen LogP contribution in [-0.2, 0) is 6.18 Å². The number of hydrogen-bond donors (Lipinski definition) is 0. The number of likely N-dealkylation sites (tertiary alicyclic amines) is 1. The predicted octanol–water partition coefficient (Wildman–Crippen LogP) is 5.08. The Morgan fingerprint density at radius 1 is 1.17 bits per heavy atom. The molecule has 3 heterocycles. The molecule has 1 atom stereocenters. The van der Waals surface area contributed by atoms with Gasteiger partial charge >= 0.3 is 6.18 Å². The first kappa shape index (κ1) is 19.7. The number of carbonyl (C=O) groups excluding carboxylic acids is 1. The van der Waals surface area contributed by atoms with Crippen LogP contribution in [0.4, 0.5) is 13.2 Å². The van der Waals surface area contributed by atoms with Crippen molar-refractivity contribution < 1.29 is 18.0 Å². The molecule has 3 aromatic rings. The maximum Gasteiger partial charge on any atom is 0.433 e. The molecule has 0 aliphatic carbocycles. The average molecular weight is 423 g/mol. The fourth-order valence-corrected chi connectivity index (χ4v) is 3.72. The molecule has 1 aromatic carbocycles. The first-order valence-electron chi connectivity index (χ1n) is 9.29. The van der Waals surface area contributed by atoms with E-state index in [1.54, 1.807) is 29.2 Å². The topological polar surface area (TPSA) is 50.5 Å². The molecule has 1 fully saturated rings. The normalized spacial score (nSPS) is 17.7. The van der Waals surface area contributed by atoms with Crippen LogP contribution >= 0.6 is 11.6 Å². The van der Waals surface area contributed by atoms with Crippen LogP contribution in [0.1, 0.15) is 42.4 Å². The zero-order valence-electron chi connectivity index (χ0n) is 15.6. The van der Waals surface area contributed by atoms with Crippen LogP contribution in [0.5, 0.6) is 0 Å². The highest BCUT2D eigenvalue weighted by Crippen LogP contribution is 2.33. The standard InChI is InChI=1S/C20H18ClF3N4O/c1-12-4-2-3-9-27(12)19(29)16-11-18-25-15(13-5-7-14(21)8-6-13)10-17(20(22,23)24)28(18)26-16/h5-8,10-12H,2-4,9H2,1H3/t12-/m1/s1. The van der Waals surface area contributed by atoms with Crippen molar-refractivity contribution in [3.05, 3.63) is 52.8 Å². The van der Waals surface area contributed by atoms with Gasteiger partial charge < -0.3 is 4.90 Å². The van der Waals surface area contributed by atoms with Crippen molar-refractivity contribution in [3.8, 4) is 11.3 Å². The van der Waals surface area contributed by atoms with Gasteiger partial charge in [-0.25, -0.2) is 9.50 Å². The monoisotopic (exact) mass is 422 g/mol. The lowest BCUT2D eigenvalue weighted by molar-refractivity contribution is -0.142. The lowest BCUT2D eigenvalue weighted by Gasteiger charge is -2.32. The lowest BCUT2D eigenvalue weighted by atomic mass is 10.0. The summed E-state index contributed by atoms with van der Waals surface area (Å²) in [6, 6.07) is 8.64. The lowest BCUT2D eigenvalue weighted by Crippen LogP contribution is -2.42. The van der Waals surface area contributed by atoms with E-state index in [0.717, 1.165) is 25.3 Å². The first-order chi connectivity index (χ1) is 13.7. The van der Waals surface area contributed by atoms with E-state index in [1.807, 2.05) is 6.92 Å². The van der Waals surface area contributed by atoms with E-state index < -0.39 is 11.9 Å². The SMILES string of the molecule is C[C@@H]1CCCCN1C(=O)c1cc2nc(-c3ccc(Cl)cc3)cc(C(F)(F)F)n2n1. The van der Waals surface area contributed by atoms with E-state index in [-0.39, 0.29) is 29.0 Å². The number of piperidine rings is 1. The number of nitrogens with zero attached hydrogens (tertiary/aromatic N) is 4. The van der Waals surface area contributed by atoms with Gasteiger partial charge in [-0.1, -0.05) is 23.7 Å². The van der Waals surface area contributed by atoms with Crippen LogP contribution in [0.3, 0.4) is 0 Å². The summed E-state index contributed by atoms with van der Waals surface area (Å²) in [6.45, 7) is 2.51. The van der Waals surface area contributed by atoms with Crippen molar-refractivity contribution in [1.82, 2.24) is 19.5 Å². The number of aromatic nitrogens is 3. The van der Waals surface area contributed by atoms with Crippen LogP contribution in [0.25, 0.3) is 16.9 Å². The summed E-state index contributed by atoms with van der Waals surface area (Å²) < 4.78 is 41.8. The minimum absolute atomic E-state index is 0.0285. The summed E-state index contributed by atoms with van der Waals surface area (Å²) >= 11 is 5.87. The van der Waals surface area contributed by atoms with E-state index in [4.69, 9.17) is 11.6 Å². The number of benzene rings is 1. The van der Waals surface area contributed by atoms with E-state index in [1.165, 1.54) is 6.07 Å².